The van der Waals surface area contributed by atoms with Gasteiger partial charge < -0.3 is 14.8 Å². The molecule has 7 nitrogen and oxygen atoms in total. The van der Waals surface area contributed by atoms with E-state index in [1.165, 1.54) is 11.0 Å². The molecule has 186 valence electrons. The molecule has 2 N–H and O–H groups in total. The average Bonchev–Trinajstić information content (AvgIpc) is 3.46. The second-order valence-corrected chi connectivity index (χ2v) is 9.02. The fraction of sp³-hybridized carbons (Fsp3) is 0.167. The number of nitrogens with zero attached hydrogens (tertiary/aromatic N) is 1. The van der Waals surface area contributed by atoms with E-state index in [9.17, 15) is 19.5 Å². The van der Waals surface area contributed by atoms with E-state index in [0.717, 1.165) is 16.5 Å². The van der Waals surface area contributed by atoms with Crippen molar-refractivity contribution < 1.29 is 24.2 Å². The van der Waals surface area contributed by atoms with Crippen LogP contribution in [0, 0.1) is 6.92 Å². The lowest BCUT2D eigenvalue weighted by atomic mass is 9.94. The maximum Gasteiger partial charge on any atom is 0.338 e. The number of Topliss-reactive ketones (excluding diaryl/α,β-unsaturated/α-hetero) is 1. The van der Waals surface area contributed by atoms with Crippen LogP contribution in [0.4, 0.5) is 5.69 Å². The number of nitrogens with one attached hydrogen (secondary N) is 1. The van der Waals surface area contributed by atoms with Crippen LogP contribution >= 0.6 is 0 Å². The number of anilines is 1. The molecule has 1 aliphatic rings. The lowest BCUT2D eigenvalue weighted by Crippen LogP contribution is -2.29. The van der Waals surface area contributed by atoms with E-state index in [4.69, 9.17) is 4.74 Å². The molecule has 37 heavy (non-hydrogen) atoms. The largest absolute Gasteiger partial charge is 0.507 e. The van der Waals surface area contributed by atoms with Crippen molar-refractivity contribution in [2.45, 2.75) is 26.3 Å². The maximum atomic E-state index is 13.5. The number of fused-ring (bicyclic) bond motifs is 1. The number of para-hydroxylation sites is 1. The number of hydrogen-bond donors (Lipinski definition) is 2. The lowest BCUT2D eigenvalue weighted by molar-refractivity contribution is -0.132. The van der Waals surface area contributed by atoms with Crippen LogP contribution in [0.25, 0.3) is 16.7 Å². The number of hydrogen-bond acceptors (Lipinski definition) is 5. The lowest BCUT2D eigenvalue weighted by Gasteiger charge is -2.26. The predicted molar refractivity (Wildman–Crippen MR) is 141 cm³/mol. The number of H-pyrrole nitrogens is 1. The number of aromatic nitrogens is 1. The standard InChI is InChI=1S/C30H26N2O5/c1-3-14-37-30(36)20-10-7-11-21(16-20)32-26(19-9-6-8-18(2)15-19)25(28(34)29(32)35)27(33)23-17-31-24-13-5-4-12-22(23)24/h4-13,15-17,26,31,33H,3,14H2,1-2H3/b27-25-. The van der Waals surface area contributed by atoms with Gasteiger partial charge in [0.05, 0.1) is 23.8 Å². The fourth-order valence-electron chi connectivity index (χ4n) is 4.73. The number of aliphatic hydroxyl groups is 1. The second kappa shape index (κ2) is 9.78. The SMILES string of the molecule is CCCOC(=O)c1cccc(N2C(=O)C(=O)/C(=C(\O)c3c[nH]c4ccccc34)C2c2cccc(C)c2)c1. The Morgan fingerprint density at radius 3 is 2.59 bits per heavy atom. The van der Waals surface area contributed by atoms with Crippen LogP contribution in [0.1, 0.15) is 46.4 Å². The Bertz CT molecular complexity index is 1570. The van der Waals surface area contributed by atoms with Gasteiger partial charge in [0.2, 0.25) is 0 Å². The molecule has 0 bridgehead atoms. The average molecular weight is 495 g/mol. The van der Waals surface area contributed by atoms with E-state index >= 15 is 0 Å². The van der Waals surface area contributed by atoms with Crippen LogP contribution in [0.15, 0.2) is 84.6 Å². The third kappa shape index (κ3) is 4.29. The Balaban J connectivity index is 1.69. The first-order valence-corrected chi connectivity index (χ1v) is 12.1. The number of amides is 1. The van der Waals surface area contributed by atoms with Crippen molar-refractivity contribution in [2.24, 2.45) is 0 Å². The topological polar surface area (TPSA) is 99.7 Å². The third-order valence-corrected chi connectivity index (χ3v) is 6.44. The second-order valence-electron chi connectivity index (χ2n) is 9.02. The highest BCUT2D eigenvalue weighted by Crippen LogP contribution is 2.43. The molecule has 0 spiro atoms. The van der Waals surface area contributed by atoms with Crippen molar-refractivity contribution in [3.05, 3.63) is 107 Å². The van der Waals surface area contributed by atoms with Crippen LogP contribution < -0.4 is 4.90 Å². The molecule has 4 aromatic rings. The summed E-state index contributed by atoms with van der Waals surface area (Å²) in [6.07, 6.45) is 2.31. The molecule has 1 fully saturated rings. The van der Waals surface area contributed by atoms with Gasteiger partial charge >= 0.3 is 5.97 Å². The highest BCUT2D eigenvalue weighted by atomic mass is 16.5. The summed E-state index contributed by atoms with van der Waals surface area (Å²) in [5, 5.41) is 12.2. The number of aromatic amines is 1. The minimum atomic E-state index is -0.893. The Labute approximate surface area is 214 Å². The molecule has 5 rings (SSSR count). The normalized spacial score (nSPS) is 16.9. The molecule has 1 saturated heterocycles. The zero-order valence-corrected chi connectivity index (χ0v) is 20.5. The quantitative estimate of drug-likeness (QED) is 0.156. The summed E-state index contributed by atoms with van der Waals surface area (Å²) in [5.41, 5.74) is 3.45. The molecule has 1 aliphatic heterocycles. The molecule has 1 amide bonds. The van der Waals surface area contributed by atoms with Gasteiger partial charge in [-0.3, -0.25) is 14.5 Å². The van der Waals surface area contributed by atoms with Gasteiger partial charge in [-0.2, -0.15) is 0 Å². The predicted octanol–water partition coefficient (Wildman–Crippen LogP) is 5.67. The summed E-state index contributed by atoms with van der Waals surface area (Å²) >= 11 is 0. The first-order valence-electron chi connectivity index (χ1n) is 12.1. The molecule has 1 aromatic heterocycles. The summed E-state index contributed by atoms with van der Waals surface area (Å²) < 4.78 is 5.26. The Kier molecular flexibility index (Phi) is 6.36. The first-order chi connectivity index (χ1) is 17.9. The number of benzene rings is 3. The van der Waals surface area contributed by atoms with Crippen molar-refractivity contribution in [1.29, 1.82) is 0 Å². The van der Waals surface area contributed by atoms with Gasteiger partial charge in [0, 0.05) is 28.4 Å². The monoisotopic (exact) mass is 494 g/mol. The fourth-order valence-corrected chi connectivity index (χ4v) is 4.73. The third-order valence-electron chi connectivity index (χ3n) is 6.44. The zero-order valence-electron chi connectivity index (χ0n) is 20.5. The highest BCUT2D eigenvalue weighted by molar-refractivity contribution is 6.51. The molecule has 0 saturated carbocycles. The van der Waals surface area contributed by atoms with Gasteiger partial charge in [0.1, 0.15) is 5.76 Å². The number of carbonyl (C=O) groups excluding carboxylic acids is 3. The van der Waals surface area contributed by atoms with E-state index in [2.05, 4.69) is 4.98 Å². The van der Waals surface area contributed by atoms with E-state index in [1.807, 2.05) is 62.4 Å². The number of rotatable bonds is 6. The summed E-state index contributed by atoms with van der Waals surface area (Å²) in [6.45, 7) is 4.10. The van der Waals surface area contributed by atoms with Crippen LogP contribution in [-0.4, -0.2) is 34.4 Å². The first kappa shape index (κ1) is 24.1. The smallest absolute Gasteiger partial charge is 0.338 e. The Morgan fingerprint density at radius 2 is 1.81 bits per heavy atom. The van der Waals surface area contributed by atoms with Crippen molar-refractivity contribution >= 4 is 40.0 Å². The van der Waals surface area contributed by atoms with Crippen LogP contribution in [-0.2, 0) is 14.3 Å². The van der Waals surface area contributed by atoms with Gasteiger partial charge in [0.25, 0.3) is 11.7 Å². The molecule has 0 radical (unpaired) electrons. The summed E-state index contributed by atoms with van der Waals surface area (Å²) in [5.74, 6) is -2.35. The van der Waals surface area contributed by atoms with Gasteiger partial charge in [-0.15, -0.1) is 0 Å². The molecule has 7 heteroatoms. The Hall–Kier alpha value is -4.65. The maximum absolute atomic E-state index is 13.5. The Morgan fingerprint density at radius 1 is 1.03 bits per heavy atom. The van der Waals surface area contributed by atoms with Gasteiger partial charge in [-0.05, 0) is 43.2 Å². The number of aryl methyl sites for hydroxylation is 1. The van der Waals surface area contributed by atoms with Crippen LogP contribution in [0.2, 0.25) is 0 Å². The molecular formula is C30H26N2O5. The van der Waals surface area contributed by atoms with E-state index in [-0.39, 0.29) is 23.5 Å². The van der Waals surface area contributed by atoms with E-state index in [1.54, 1.807) is 24.4 Å². The number of aliphatic hydroxyl groups excluding tert-OH is 1. The minimum absolute atomic E-state index is 0.0145. The molecule has 2 heterocycles. The van der Waals surface area contributed by atoms with Crippen LogP contribution in [0.5, 0.6) is 0 Å². The van der Waals surface area contributed by atoms with Gasteiger partial charge in [-0.25, -0.2) is 4.79 Å². The minimum Gasteiger partial charge on any atom is -0.507 e. The van der Waals surface area contributed by atoms with Gasteiger partial charge in [0.15, 0.2) is 0 Å². The number of carbonyl (C=O) groups is 3. The van der Waals surface area contributed by atoms with Crippen molar-refractivity contribution in [3.63, 3.8) is 0 Å². The van der Waals surface area contributed by atoms with Crippen LogP contribution in [0.3, 0.4) is 0 Å². The molecule has 0 aliphatic carbocycles. The summed E-state index contributed by atoms with van der Waals surface area (Å²) in [4.78, 5) is 43.9. The van der Waals surface area contributed by atoms with Gasteiger partial charge in [-0.1, -0.05) is 61.0 Å². The highest BCUT2D eigenvalue weighted by Gasteiger charge is 2.47. The summed E-state index contributed by atoms with van der Waals surface area (Å²) in [7, 11) is 0. The molecule has 3 aromatic carbocycles. The molecular weight excluding hydrogens is 468 g/mol. The van der Waals surface area contributed by atoms with E-state index < -0.39 is 23.7 Å². The van der Waals surface area contributed by atoms with Crippen molar-refractivity contribution in [1.82, 2.24) is 4.98 Å². The van der Waals surface area contributed by atoms with Crippen molar-refractivity contribution in [3.8, 4) is 0 Å². The number of ether oxygens (including phenoxy) is 1. The van der Waals surface area contributed by atoms with Crippen molar-refractivity contribution in [2.75, 3.05) is 11.5 Å². The number of esters is 1. The van der Waals surface area contributed by atoms with E-state index in [0.29, 0.717) is 23.2 Å². The molecule has 1 atom stereocenters. The zero-order chi connectivity index (χ0) is 26.1. The summed E-state index contributed by atoms with van der Waals surface area (Å²) in [6, 6.07) is 20.4. The number of ketones is 1. The molecule has 1 unspecified atom stereocenters.